The molecule has 130 valence electrons. The van der Waals surface area contributed by atoms with E-state index in [1.165, 1.54) is 28.0 Å². The second kappa shape index (κ2) is 9.05. The maximum absolute atomic E-state index is 12.3. The van der Waals surface area contributed by atoms with E-state index in [9.17, 15) is 4.79 Å². The minimum Gasteiger partial charge on any atom is -0.300 e. The van der Waals surface area contributed by atoms with Crippen LogP contribution in [-0.4, -0.2) is 21.4 Å². The number of nitrogens with zero attached hydrogens (tertiary/aromatic N) is 2. The Morgan fingerprint density at radius 1 is 1.28 bits per heavy atom. The summed E-state index contributed by atoms with van der Waals surface area (Å²) in [4.78, 5) is 14.6. The van der Waals surface area contributed by atoms with E-state index in [0.717, 1.165) is 15.0 Å². The molecule has 1 N–H and O–H groups in total. The summed E-state index contributed by atoms with van der Waals surface area (Å²) in [6.07, 6.45) is 0. The summed E-state index contributed by atoms with van der Waals surface area (Å²) in [5, 5.41) is 14.0. The van der Waals surface area contributed by atoms with E-state index in [-0.39, 0.29) is 11.2 Å². The van der Waals surface area contributed by atoms with Crippen LogP contribution in [-0.2, 0) is 10.5 Å². The molecule has 9 heteroatoms. The highest BCUT2D eigenvalue weighted by Crippen LogP contribution is 2.30. The molecule has 0 spiro atoms. The van der Waals surface area contributed by atoms with Crippen LogP contribution in [0.3, 0.4) is 0 Å². The molecule has 0 saturated carbocycles. The molecule has 0 aliphatic carbocycles. The molecule has 0 bridgehead atoms. The molecule has 1 atom stereocenters. The monoisotopic (exact) mass is 427 g/mol. The molecule has 0 aliphatic rings. The SMILES string of the molecule is CC(Sc1ccc(Cl)cc1)C(=O)Nc1nnc(SCc2cccs2)s1. The molecule has 0 saturated heterocycles. The van der Waals surface area contributed by atoms with Gasteiger partial charge in [-0.05, 0) is 42.6 Å². The van der Waals surface area contributed by atoms with Gasteiger partial charge in [0.2, 0.25) is 11.0 Å². The van der Waals surface area contributed by atoms with Crippen LogP contribution in [0.25, 0.3) is 0 Å². The number of nitrogens with one attached hydrogen (secondary N) is 1. The quantitative estimate of drug-likeness (QED) is 0.389. The predicted molar refractivity (Wildman–Crippen MR) is 109 cm³/mol. The summed E-state index contributed by atoms with van der Waals surface area (Å²) in [5.74, 6) is 0.772. The van der Waals surface area contributed by atoms with Gasteiger partial charge in [-0.1, -0.05) is 40.8 Å². The molecule has 1 amide bonds. The summed E-state index contributed by atoms with van der Waals surface area (Å²) in [7, 11) is 0. The Morgan fingerprint density at radius 3 is 2.80 bits per heavy atom. The number of halogens is 1. The Labute approximate surface area is 167 Å². The molecular formula is C16H14ClN3OS4. The van der Waals surface area contributed by atoms with E-state index in [1.807, 2.05) is 37.3 Å². The van der Waals surface area contributed by atoms with Crippen LogP contribution >= 0.6 is 57.8 Å². The molecule has 1 aromatic carbocycles. The number of benzene rings is 1. The predicted octanol–water partition coefficient (Wildman–Crippen LogP) is 5.66. The van der Waals surface area contributed by atoms with Gasteiger partial charge in [-0.2, -0.15) is 0 Å². The first-order valence-corrected chi connectivity index (χ1v) is 11.3. The molecule has 25 heavy (non-hydrogen) atoms. The Morgan fingerprint density at radius 2 is 2.08 bits per heavy atom. The molecule has 0 radical (unpaired) electrons. The van der Waals surface area contributed by atoms with Gasteiger partial charge in [0.05, 0.1) is 5.25 Å². The summed E-state index contributed by atoms with van der Waals surface area (Å²) in [6.45, 7) is 1.86. The lowest BCUT2D eigenvalue weighted by Crippen LogP contribution is -2.22. The fraction of sp³-hybridized carbons (Fsp3) is 0.188. The fourth-order valence-corrected chi connectivity index (χ4v) is 5.35. The standard InChI is InChI=1S/C16H14ClN3OS4/c1-10(24-12-6-4-11(17)5-7-12)14(21)18-15-19-20-16(25-15)23-9-13-3-2-8-22-13/h2-8,10H,9H2,1H3,(H,18,19,21). The maximum atomic E-state index is 12.3. The average molecular weight is 428 g/mol. The number of aromatic nitrogens is 2. The van der Waals surface area contributed by atoms with Gasteiger partial charge < -0.3 is 0 Å². The molecule has 2 heterocycles. The molecule has 3 aromatic rings. The largest absolute Gasteiger partial charge is 0.300 e. The van der Waals surface area contributed by atoms with Gasteiger partial charge in [-0.25, -0.2) is 0 Å². The van der Waals surface area contributed by atoms with Gasteiger partial charge in [0.1, 0.15) is 0 Å². The normalized spacial score (nSPS) is 12.1. The van der Waals surface area contributed by atoms with E-state index in [1.54, 1.807) is 23.1 Å². The van der Waals surface area contributed by atoms with E-state index in [0.29, 0.717) is 10.2 Å². The van der Waals surface area contributed by atoms with E-state index >= 15 is 0 Å². The number of amides is 1. The number of carbonyl (C=O) groups is 1. The van der Waals surface area contributed by atoms with Crippen LogP contribution in [0.1, 0.15) is 11.8 Å². The summed E-state index contributed by atoms with van der Waals surface area (Å²) in [5.41, 5.74) is 0. The Bertz CT molecular complexity index is 820. The lowest BCUT2D eigenvalue weighted by Gasteiger charge is -2.10. The van der Waals surface area contributed by atoms with Crippen molar-refractivity contribution in [3.05, 3.63) is 51.7 Å². The summed E-state index contributed by atoms with van der Waals surface area (Å²) >= 11 is 12.1. The van der Waals surface area contributed by atoms with Gasteiger partial charge in [0, 0.05) is 20.5 Å². The van der Waals surface area contributed by atoms with Crippen molar-refractivity contribution in [3.63, 3.8) is 0 Å². The first-order chi connectivity index (χ1) is 12.1. The van der Waals surface area contributed by atoms with Crippen molar-refractivity contribution < 1.29 is 4.79 Å². The Hall–Kier alpha value is -1.06. The van der Waals surface area contributed by atoms with Gasteiger partial charge in [0.15, 0.2) is 4.34 Å². The number of thioether (sulfide) groups is 2. The molecule has 0 fully saturated rings. The van der Waals surface area contributed by atoms with Crippen LogP contribution < -0.4 is 5.32 Å². The second-order valence-corrected chi connectivity index (χ2v) is 10.0. The van der Waals surface area contributed by atoms with Crippen molar-refractivity contribution >= 4 is 68.8 Å². The molecule has 1 unspecified atom stereocenters. The molecule has 0 aliphatic heterocycles. The highest BCUT2D eigenvalue weighted by Gasteiger charge is 2.17. The van der Waals surface area contributed by atoms with Crippen molar-refractivity contribution in [1.82, 2.24) is 10.2 Å². The lowest BCUT2D eigenvalue weighted by molar-refractivity contribution is -0.115. The average Bonchev–Trinajstić information content (AvgIpc) is 3.26. The van der Waals surface area contributed by atoms with Gasteiger partial charge in [-0.3, -0.25) is 10.1 Å². The van der Waals surface area contributed by atoms with Crippen molar-refractivity contribution in [2.75, 3.05) is 5.32 Å². The number of thiophene rings is 1. The first kappa shape index (κ1) is 18.7. The summed E-state index contributed by atoms with van der Waals surface area (Å²) < 4.78 is 0.849. The second-order valence-electron chi connectivity index (χ2n) is 4.94. The minimum absolute atomic E-state index is 0.0918. The van der Waals surface area contributed by atoms with E-state index < -0.39 is 0 Å². The molecular weight excluding hydrogens is 414 g/mol. The van der Waals surface area contributed by atoms with E-state index in [4.69, 9.17) is 11.6 Å². The van der Waals surface area contributed by atoms with E-state index in [2.05, 4.69) is 27.0 Å². The zero-order valence-electron chi connectivity index (χ0n) is 13.1. The van der Waals surface area contributed by atoms with Crippen LogP contribution in [0.4, 0.5) is 5.13 Å². The van der Waals surface area contributed by atoms with Crippen LogP contribution in [0.2, 0.25) is 5.02 Å². The number of hydrogen-bond donors (Lipinski definition) is 1. The van der Waals surface area contributed by atoms with Crippen molar-refractivity contribution in [2.24, 2.45) is 0 Å². The van der Waals surface area contributed by atoms with Gasteiger partial charge >= 0.3 is 0 Å². The third-order valence-electron chi connectivity index (χ3n) is 3.05. The zero-order chi connectivity index (χ0) is 17.6. The first-order valence-electron chi connectivity index (χ1n) is 7.32. The molecule has 2 aromatic heterocycles. The van der Waals surface area contributed by atoms with Crippen LogP contribution in [0, 0.1) is 0 Å². The van der Waals surface area contributed by atoms with Crippen molar-refractivity contribution in [2.45, 2.75) is 27.2 Å². The Balaban J connectivity index is 1.51. The van der Waals surface area contributed by atoms with Gasteiger partial charge in [0.25, 0.3) is 0 Å². The summed E-state index contributed by atoms with van der Waals surface area (Å²) in [6, 6.07) is 11.6. The third kappa shape index (κ3) is 5.72. The third-order valence-corrected chi connectivity index (χ3v) is 7.49. The maximum Gasteiger partial charge on any atom is 0.239 e. The topological polar surface area (TPSA) is 54.9 Å². The highest BCUT2D eigenvalue weighted by molar-refractivity contribution is 8.00. The smallest absolute Gasteiger partial charge is 0.239 e. The number of anilines is 1. The highest BCUT2D eigenvalue weighted by atomic mass is 35.5. The van der Waals surface area contributed by atoms with Gasteiger partial charge in [-0.15, -0.1) is 33.3 Å². The molecule has 4 nitrogen and oxygen atoms in total. The minimum atomic E-state index is -0.243. The molecule has 3 rings (SSSR count). The van der Waals surface area contributed by atoms with Crippen LogP contribution in [0.15, 0.2) is 51.0 Å². The Kier molecular flexibility index (Phi) is 6.77. The number of hydrogen-bond acceptors (Lipinski definition) is 7. The van der Waals surface area contributed by atoms with Crippen LogP contribution in [0.5, 0.6) is 0 Å². The number of carbonyl (C=O) groups excluding carboxylic acids is 1. The van der Waals surface area contributed by atoms with Crippen molar-refractivity contribution in [3.8, 4) is 0 Å². The number of rotatable bonds is 7. The lowest BCUT2D eigenvalue weighted by atomic mass is 10.4. The fourth-order valence-electron chi connectivity index (χ4n) is 1.82. The zero-order valence-corrected chi connectivity index (χ0v) is 17.2. The van der Waals surface area contributed by atoms with Crippen molar-refractivity contribution in [1.29, 1.82) is 0 Å².